The lowest BCUT2D eigenvalue weighted by Gasteiger charge is -2.18. The predicted octanol–water partition coefficient (Wildman–Crippen LogP) is -1.93. The molecule has 0 bridgehead atoms. The minimum Gasteiger partial charge on any atom is -0.462 e. The number of esters is 1. The van der Waals surface area contributed by atoms with Crippen molar-refractivity contribution < 1.29 is 24.5 Å². The van der Waals surface area contributed by atoms with Gasteiger partial charge in [-0.3, -0.25) is 19.1 Å². The van der Waals surface area contributed by atoms with Gasteiger partial charge in [0.2, 0.25) is 0 Å². The molecule has 0 amide bonds. The number of carbonyl (C=O) groups is 1. The number of hydrogen-bond donors (Lipinski definition) is 4. The van der Waals surface area contributed by atoms with Crippen LogP contribution in [-0.4, -0.2) is 56.7 Å². The number of aromatic nitrogens is 2. The molecule has 5 N–H and O–H groups in total. The van der Waals surface area contributed by atoms with Crippen LogP contribution in [0.1, 0.15) is 26.5 Å². The molecule has 25 heavy (non-hydrogen) atoms. The maximum atomic E-state index is 11.8. The fourth-order valence-electron chi connectivity index (χ4n) is 2.60. The van der Waals surface area contributed by atoms with Crippen molar-refractivity contribution in [2.24, 2.45) is 11.7 Å². The van der Waals surface area contributed by atoms with Crippen LogP contribution >= 0.6 is 0 Å². The van der Waals surface area contributed by atoms with Gasteiger partial charge in [0.15, 0.2) is 6.23 Å². The maximum absolute atomic E-state index is 11.8. The normalized spacial score (nSPS) is 27.4. The van der Waals surface area contributed by atoms with Gasteiger partial charge in [-0.1, -0.05) is 13.8 Å². The van der Waals surface area contributed by atoms with Crippen LogP contribution in [0.3, 0.4) is 0 Å². The number of hydrogen-bond acceptors (Lipinski definition) is 8. The molecule has 1 saturated heterocycles. The van der Waals surface area contributed by atoms with E-state index in [1.807, 2.05) is 18.8 Å². The minimum absolute atomic E-state index is 0.217. The number of rotatable bonds is 6. The molecule has 0 radical (unpaired) electrons. The van der Waals surface area contributed by atoms with Crippen molar-refractivity contribution in [3.8, 4) is 0 Å². The van der Waals surface area contributed by atoms with E-state index >= 15 is 0 Å². The van der Waals surface area contributed by atoms with E-state index in [2.05, 4.69) is 0 Å². The van der Waals surface area contributed by atoms with E-state index < -0.39 is 47.8 Å². The summed E-state index contributed by atoms with van der Waals surface area (Å²) in [5, 5.41) is 20.1. The van der Waals surface area contributed by atoms with E-state index in [1.54, 1.807) is 0 Å². The highest BCUT2D eigenvalue weighted by Gasteiger charge is 2.44. The second kappa shape index (κ2) is 7.91. The Morgan fingerprint density at radius 2 is 2.08 bits per heavy atom. The van der Waals surface area contributed by atoms with E-state index in [0.29, 0.717) is 6.42 Å². The first-order valence-corrected chi connectivity index (χ1v) is 7.96. The average molecular weight is 357 g/mol. The Bertz CT molecular complexity index is 714. The van der Waals surface area contributed by atoms with Crippen LogP contribution < -0.4 is 17.0 Å². The quantitative estimate of drug-likeness (QED) is 0.429. The van der Waals surface area contributed by atoms with Gasteiger partial charge >= 0.3 is 11.7 Å². The Morgan fingerprint density at radius 1 is 1.40 bits per heavy atom. The second-order valence-electron chi connectivity index (χ2n) is 6.43. The number of nitrogens with zero attached hydrogens (tertiary/aromatic N) is 1. The Hall–Kier alpha value is -2.01. The van der Waals surface area contributed by atoms with Crippen LogP contribution in [0.4, 0.5) is 0 Å². The lowest BCUT2D eigenvalue weighted by Crippen LogP contribution is -2.39. The summed E-state index contributed by atoms with van der Waals surface area (Å²) in [6.07, 6.45) is -3.46. The summed E-state index contributed by atoms with van der Waals surface area (Å²) in [5.41, 5.74) is 4.32. The smallest absolute Gasteiger partial charge is 0.330 e. The fraction of sp³-hybridized carbons (Fsp3) is 0.667. The van der Waals surface area contributed by atoms with Gasteiger partial charge in [0, 0.05) is 12.3 Å². The summed E-state index contributed by atoms with van der Waals surface area (Å²) in [6.45, 7) is 3.51. The number of nitrogens with one attached hydrogen (secondary N) is 1. The third-order valence-electron chi connectivity index (χ3n) is 3.88. The van der Waals surface area contributed by atoms with Gasteiger partial charge in [-0.25, -0.2) is 4.79 Å². The van der Waals surface area contributed by atoms with Crippen molar-refractivity contribution in [1.82, 2.24) is 9.55 Å². The number of carbonyl (C=O) groups excluding carboxylic acids is 1. The van der Waals surface area contributed by atoms with Gasteiger partial charge in [0.25, 0.3) is 5.56 Å². The molecule has 0 aliphatic carbocycles. The highest BCUT2D eigenvalue weighted by molar-refractivity contribution is 5.75. The molecule has 2 unspecified atom stereocenters. The van der Waals surface area contributed by atoms with Crippen molar-refractivity contribution in [3.05, 3.63) is 33.1 Å². The van der Waals surface area contributed by atoms with Gasteiger partial charge in [-0.05, 0) is 12.3 Å². The molecular weight excluding hydrogens is 334 g/mol. The maximum Gasteiger partial charge on any atom is 0.330 e. The minimum atomic E-state index is -1.43. The molecule has 0 spiro atoms. The average Bonchev–Trinajstić information content (AvgIpc) is 2.80. The van der Waals surface area contributed by atoms with Gasteiger partial charge in [-0.2, -0.15) is 0 Å². The zero-order valence-corrected chi connectivity index (χ0v) is 14.0. The predicted molar refractivity (Wildman–Crippen MR) is 85.6 cm³/mol. The van der Waals surface area contributed by atoms with E-state index in [-0.39, 0.29) is 12.5 Å². The molecular formula is C15H23N3O7. The molecule has 1 fully saturated rings. The highest BCUT2D eigenvalue weighted by atomic mass is 16.6. The van der Waals surface area contributed by atoms with Crippen molar-refractivity contribution >= 4 is 5.97 Å². The largest absolute Gasteiger partial charge is 0.462 e. The van der Waals surface area contributed by atoms with E-state index in [9.17, 15) is 24.6 Å². The number of nitrogens with two attached hydrogens (primary N) is 1. The summed E-state index contributed by atoms with van der Waals surface area (Å²) in [5.74, 6) is -0.419. The topological polar surface area (TPSA) is 157 Å². The van der Waals surface area contributed by atoms with Gasteiger partial charge in [-0.15, -0.1) is 0 Å². The SMILES string of the molecule is CC(C)C[C@H](N)C(=O)OC[C@@H]1O[C@H](n2ccc(=O)[nH]c2=O)C(O)C1O. The molecule has 10 nitrogen and oxygen atoms in total. The monoisotopic (exact) mass is 357 g/mol. The van der Waals surface area contributed by atoms with E-state index in [0.717, 1.165) is 16.8 Å². The molecule has 2 heterocycles. The standard InChI is InChI=1S/C15H23N3O7/c1-7(2)5-8(16)14(22)24-6-9-11(20)12(21)13(25-9)18-4-3-10(19)17-15(18)23/h3-4,7-9,11-13,20-21H,5-6,16H2,1-2H3,(H,17,19,23)/t8-,9-,11?,12?,13-/m0/s1. The number of aromatic amines is 1. The van der Waals surface area contributed by atoms with E-state index in [1.165, 1.54) is 0 Å². The van der Waals surface area contributed by atoms with Crippen LogP contribution in [0.2, 0.25) is 0 Å². The fourth-order valence-corrected chi connectivity index (χ4v) is 2.60. The Balaban J connectivity index is 2.01. The Labute approximate surface area is 143 Å². The van der Waals surface area contributed by atoms with Crippen molar-refractivity contribution in [2.75, 3.05) is 6.61 Å². The first kappa shape index (κ1) is 19.3. The molecule has 0 saturated carbocycles. The number of ether oxygens (including phenoxy) is 2. The molecule has 1 aromatic rings. The first-order valence-electron chi connectivity index (χ1n) is 7.96. The van der Waals surface area contributed by atoms with Crippen LogP contribution in [0.5, 0.6) is 0 Å². The molecule has 1 aliphatic rings. The summed E-state index contributed by atoms with van der Waals surface area (Å²) >= 11 is 0. The molecule has 1 aromatic heterocycles. The summed E-state index contributed by atoms with van der Waals surface area (Å²) < 4.78 is 11.4. The molecule has 10 heteroatoms. The van der Waals surface area contributed by atoms with Gasteiger partial charge < -0.3 is 25.4 Å². The third kappa shape index (κ3) is 4.54. The second-order valence-corrected chi connectivity index (χ2v) is 6.43. The number of H-pyrrole nitrogens is 1. The first-order chi connectivity index (χ1) is 11.7. The van der Waals surface area contributed by atoms with Crippen molar-refractivity contribution in [3.63, 3.8) is 0 Å². The lowest BCUT2D eigenvalue weighted by atomic mass is 10.1. The van der Waals surface area contributed by atoms with Crippen molar-refractivity contribution in [1.29, 1.82) is 0 Å². The van der Waals surface area contributed by atoms with Gasteiger partial charge in [0.05, 0.1) is 0 Å². The van der Waals surface area contributed by atoms with E-state index in [4.69, 9.17) is 15.2 Å². The van der Waals surface area contributed by atoms with Crippen LogP contribution in [0.15, 0.2) is 21.9 Å². The summed E-state index contributed by atoms with van der Waals surface area (Å²) in [6, 6.07) is 0.295. The van der Waals surface area contributed by atoms with Crippen LogP contribution in [0, 0.1) is 5.92 Å². The Morgan fingerprint density at radius 3 is 2.68 bits per heavy atom. The molecule has 140 valence electrons. The highest BCUT2D eigenvalue weighted by Crippen LogP contribution is 2.28. The third-order valence-corrected chi connectivity index (χ3v) is 3.88. The number of aliphatic hydroxyl groups excluding tert-OH is 2. The van der Waals surface area contributed by atoms with Gasteiger partial charge in [0.1, 0.15) is 31.0 Å². The van der Waals surface area contributed by atoms with Crippen LogP contribution in [0.25, 0.3) is 0 Å². The Kier molecular flexibility index (Phi) is 6.11. The summed E-state index contributed by atoms with van der Waals surface area (Å²) in [4.78, 5) is 36.7. The molecule has 1 aliphatic heterocycles. The summed E-state index contributed by atoms with van der Waals surface area (Å²) in [7, 11) is 0. The molecule has 0 aromatic carbocycles. The number of aliphatic hydroxyl groups is 2. The zero-order valence-electron chi connectivity index (χ0n) is 14.0. The van der Waals surface area contributed by atoms with Crippen LogP contribution in [-0.2, 0) is 14.3 Å². The lowest BCUT2D eigenvalue weighted by molar-refractivity contribution is -0.152. The zero-order chi connectivity index (χ0) is 18.7. The molecule has 2 rings (SSSR count). The van der Waals surface area contributed by atoms with Crippen molar-refractivity contribution in [2.45, 2.75) is 50.8 Å². The molecule has 5 atom stereocenters.